The van der Waals surface area contributed by atoms with Crippen LogP contribution in [0, 0.1) is 0 Å². The van der Waals surface area contributed by atoms with E-state index in [1.807, 2.05) is 0 Å². The summed E-state index contributed by atoms with van der Waals surface area (Å²) in [5, 5.41) is 10.8. The Morgan fingerprint density at radius 1 is 0.958 bits per heavy atom. The molecule has 0 atom stereocenters. The number of hydrogen-bond acceptors (Lipinski definition) is 6. The van der Waals surface area contributed by atoms with Crippen molar-refractivity contribution in [1.29, 1.82) is 0 Å². The number of furan rings is 1. The van der Waals surface area contributed by atoms with Crippen LogP contribution in [0.5, 0.6) is 23.0 Å². The van der Waals surface area contributed by atoms with E-state index in [1.54, 1.807) is 30.3 Å². The van der Waals surface area contributed by atoms with Crippen molar-refractivity contribution in [3.63, 3.8) is 0 Å². The number of ketones is 1. The first kappa shape index (κ1) is 15.7. The lowest BCUT2D eigenvalue weighted by Gasteiger charge is -2.08. The number of carbonyl (C=O) groups is 1. The molecule has 6 nitrogen and oxygen atoms in total. The first-order chi connectivity index (χ1) is 11.6. The van der Waals surface area contributed by atoms with Gasteiger partial charge >= 0.3 is 0 Å². The van der Waals surface area contributed by atoms with Crippen LogP contribution in [-0.2, 0) is 0 Å². The number of carbonyl (C=O) groups excluding carboxylic acids is 1. The summed E-state index contributed by atoms with van der Waals surface area (Å²) in [5.74, 6) is 0.537. The van der Waals surface area contributed by atoms with Crippen LogP contribution < -0.4 is 14.2 Å². The largest absolute Gasteiger partial charge is 0.504 e. The van der Waals surface area contributed by atoms with Crippen molar-refractivity contribution in [2.75, 3.05) is 21.3 Å². The van der Waals surface area contributed by atoms with Gasteiger partial charge in [-0.1, -0.05) is 0 Å². The number of fused-ring (bicyclic) bond motifs is 1. The second-order valence-corrected chi connectivity index (χ2v) is 5.04. The molecule has 0 bridgehead atoms. The molecule has 6 heteroatoms. The lowest BCUT2D eigenvalue weighted by molar-refractivity contribution is 0.100. The van der Waals surface area contributed by atoms with Crippen molar-refractivity contribution < 1.29 is 28.5 Å². The van der Waals surface area contributed by atoms with Crippen LogP contribution >= 0.6 is 0 Å². The summed E-state index contributed by atoms with van der Waals surface area (Å²) in [5.41, 5.74) is 0.593. The molecule has 0 amide bonds. The van der Waals surface area contributed by atoms with E-state index in [9.17, 15) is 9.90 Å². The Morgan fingerprint density at radius 3 is 2.29 bits per heavy atom. The van der Waals surface area contributed by atoms with Crippen LogP contribution in [0.4, 0.5) is 0 Å². The number of ether oxygens (including phenoxy) is 3. The van der Waals surface area contributed by atoms with Crippen LogP contribution in [0.1, 0.15) is 16.1 Å². The van der Waals surface area contributed by atoms with E-state index in [-0.39, 0.29) is 17.1 Å². The topological polar surface area (TPSA) is 78.1 Å². The van der Waals surface area contributed by atoms with Gasteiger partial charge in [-0.05, 0) is 30.3 Å². The first-order valence-electron chi connectivity index (χ1n) is 7.15. The summed E-state index contributed by atoms with van der Waals surface area (Å²) in [7, 11) is 4.49. The quantitative estimate of drug-likeness (QED) is 0.723. The normalized spacial score (nSPS) is 10.6. The molecule has 0 saturated carbocycles. The summed E-state index contributed by atoms with van der Waals surface area (Å²) in [6.07, 6.45) is 0. The van der Waals surface area contributed by atoms with Gasteiger partial charge in [-0.15, -0.1) is 0 Å². The maximum Gasteiger partial charge on any atom is 0.235 e. The Labute approximate surface area is 138 Å². The van der Waals surface area contributed by atoms with Gasteiger partial charge in [0.2, 0.25) is 11.5 Å². The minimum Gasteiger partial charge on any atom is -0.504 e. The van der Waals surface area contributed by atoms with Crippen LogP contribution in [-0.4, -0.2) is 32.2 Å². The fraction of sp³-hybridized carbons (Fsp3) is 0.167. The first-order valence-corrected chi connectivity index (χ1v) is 7.15. The predicted octanol–water partition coefficient (Wildman–Crippen LogP) is 3.40. The second-order valence-electron chi connectivity index (χ2n) is 5.04. The minimum atomic E-state index is -0.501. The van der Waals surface area contributed by atoms with Crippen LogP contribution in [0.3, 0.4) is 0 Å². The molecule has 0 radical (unpaired) electrons. The summed E-state index contributed by atoms with van der Waals surface area (Å²) >= 11 is 0. The molecular weight excluding hydrogens is 312 g/mol. The Kier molecular flexibility index (Phi) is 4.04. The maximum absolute atomic E-state index is 12.8. The number of hydrogen-bond donors (Lipinski definition) is 1. The zero-order chi connectivity index (χ0) is 17.3. The Morgan fingerprint density at radius 2 is 1.62 bits per heavy atom. The molecule has 24 heavy (non-hydrogen) atoms. The lowest BCUT2D eigenvalue weighted by Crippen LogP contribution is -2.03. The molecule has 1 N–H and O–H groups in total. The Balaban J connectivity index is 2.13. The summed E-state index contributed by atoms with van der Waals surface area (Å²) in [6.45, 7) is 0. The Bertz CT molecular complexity index is 909. The fourth-order valence-electron chi connectivity index (χ4n) is 2.46. The fourth-order valence-corrected chi connectivity index (χ4v) is 2.46. The van der Waals surface area contributed by atoms with Crippen molar-refractivity contribution in [3.05, 3.63) is 47.7 Å². The highest BCUT2D eigenvalue weighted by molar-refractivity contribution is 6.13. The average Bonchev–Trinajstić information content (AvgIpc) is 2.96. The number of methoxy groups -OCH3 is 3. The zero-order valence-corrected chi connectivity index (χ0v) is 13.5. The molecule has 2 aromatic carbocycles. The van der Waals surface area contributed by atoms with Gasteiger partial charge in [0, 0.05) is 6.07 Å². The minimum absolute atomic E-state index is 0.162. The van der Waals surface area contributed by atoms with E-state index in [0.717, 1.165) is 0 Å². The van der Waals surface area contributed by atoms with Gasteiger partial charge in [0.05, 0.1) is 32.3 Å². The van der Waals surface area contributed by atoms with Crippen molar-refractivity contribution in [2.24, 2.45) is 0 Å². The molecule has 0 saturated heterocycles. The van der Waals surface area contributed by atoms with E-state index in [0.29, 0.717) is 28.2 Å². The van der Waals surface area contributed by atoms with Crippen molar-refractivity contribution in [1.82, 2.24) is 0 Å². The highest BCUT2D eigenvalue weighted by Gasteiger charge is 2.25. The molecule has 0 unspecified atom stereocenters. The standard InChI is InChI=1S/C18H16O6/c1-21-10-5-7-14(23-3)13(8-10)17(20)18-16(19)12-6-4-11(22-2)9-15(12)24-18/h4-9,19H,1-3H3. The molecule has 1 aromatic heterocycles. The Hall–Kier alpha value is -3.15. The molecule has 124 valence electrons. The highest BCUT2D eigenvalue weighted by Crippen LogP contribution is 2.37. The monoisotopic (exact) mass is 328 g/mol. The third-order valence-electron chi connectivity index (χ3n) is 3.73. The van der Waals surface area contributed by atoms with E-state index in [1.165, 1.54) is 27.4 Å². The molecular formula is C18H16O6. The molecule has 3 rings (SSSR count). The van der Waals surface area contributed by atoms with Crippen molar-refractivity contribution in [3.8, 4) is 23.0 Å². The average molecular weight is 328 g/mol. The molecule has 0 aliphatic rings. The van der Waals surface area contributed by atoms with E-state index in [2.05, 4.69) is 0 Å². The van der Waals surface area contributed by atoms with Gasteiger partial charge in [-0.25, -0.2) is 0 Å². The predicted molar refractivity (Wildman–Crippen MR) is 87.4 cm³/mol. The SMILES string of the molecule is COc1ccc(OC)c(C(=O)c2oc3cc(OC)ccc3c2O)c1. The van der Waals surface area contributed by atoms with Crippen molar-refractivity contribution in [2.45, 2.75) is 0 Å². The summed E-state index contributed by atoms with van der Waals surface area (Å²) in [4.78, 5) is 12.8. The smallest absolute Gasteiger partial charge is 0.235 e. The number of rotatable bonds is 5. The maximum atomic E-state index is 12.8. The molecule has 1 heterocycles. The molecule has 0 fully saturated rings. The molecule has 3 aromatic rings. The van der Waals surface area contributed by atoms with Crippen LogP contribution in [0.15, 0.2) is 40.8 Å². The lowest BCUT2D eigenvalue weighted by atomic mass is 10.1. The zero-order valence-electron chi connectivity index (χ0n) is 13.5. The number of benzene rings is 2. The van der Waals surface area contributed by atoms with E-state index in [4.69, 9.17) is 18.6 Å². The van der Waals surface area contributed by atoms with Crippen LogP contribution in [0.2, 0.25) is 0 Å². The molecule has 0 aliphatic heterocycles. The van der Waals surface area contributed by atoms with Gasteiger partial charge in [0.25, 0.3) is 0 Å². The van der Waals surface area contributed by atoms with Gasteiger partial charge in [0.15, 0.2) is 5.75 Å². The van der Waals surface area contributed by atoms with E-state index >= 15 is 0 Å². The summed E-state index contributed by atoms with van der Waals surface area (Å²) in [6, 6.07) is 9.75. The third kappa shape index (κ3) is 2.52. The van der Waals surface area contributed by atoms with Crippen LogP contribution in [0.25, 0.3) is 11.0 Å². The van der Waals surface area contributed by atoms with Gasteiger partial charge in [-0.2, -0.15) is 0 Å². The molecule has 0 spiro atoms. The third-order valence-corrected chi connectivity index (χ3v) is 3.73. The van der Waals surface area contributed by atoms with Gasteiger partial charge in [-0.3, -0.25) is 4.79 Å². The van der Waals surface area contributed by atoms with Gasteiger partial charge < -0.3 is 23.7 Å². The molecule has 0 aliphatic carbocycles. The number of aromatic hydroxyl groups is 1. The van der Waals surface area contributed by atoms with Crippen molar-refractivity contribution >= 4 is 16.8 Å². The second kappa shape index (κ2) is 6.16. The van der Waals surface area contributed by atoms with E-state index < -0.39 is 5.78 Å². The summed E-state index contributed by atoms with van der Waals surface area (Å²) < 4.78 is 21.0. The highest BCUT2D eigenvalue weighted by atomic mass is 16.5. The van der Waals surface area contributed by atoms with Gasteiger partial charge in [0.1, 0.15) is 22.8 Å².